The van der Waals surface area contributed by atoms with Crippen molar-refractivity contribution in [2.45, 2.75) is 6.54 Å². The fraction of sp³-hybridized carbons (Fsp3) is 0.0870. The lowest BCUT2D eigenvalue weighted by molar-refractivity contribution is -0.121. The van der Waals surface area contributed by atoms with Crippen molar-refractivity contribution in [3.05, 3.63) is 95.5 Å². The van der Waals surface area contributed by atoms with Gasteiger partial charge in [-0.15, -0.1) is 6.58 Å². The van der Waals surface area contributed by atoms with Gasteiger partial charge < -0.3 is 0 Å². The van der Waals surface area contributed by atoms with E-state index < -0.39 is 0 Å². The van der Waals surface area contributed by atoms with Crippen LogP contribution >= 0.6 is 24.0 Å². The molecule has 1 amide bonds. The van der Waals surface area contributed by atoms with Crippen LogP contribution in [0.2, 0.25) is 0 Å². The summed E-state index contributed by atoms with van der Waals surface area (Å²) in [6, 6.07) is 20.2. The topological polar surface area (TPSA) is 38.1 Å². The maximum Gasteiger partial charge on any atom is 0.266 e. The largest absolute Gasteiger partial charge is 0.289 e. The van der Waals surface area contributed by atoms with E-state index in [1.54, 1.807) is 11.0 Å². The number of carbonyl (C=O) groups excluding carboxylic acids is 1. The molecule has 4 rings (SSSR count). The fourth-order valence-corrected chi connectivity index (χ4v) is 4.41. The molecule has 1 aliphatic heterocycles. The Balaban J connectivity index is 1.73. The molecule has 1 aliphatic rings. The molecule has 0 bridgehead atoms. The summed E-state index contributed by atoms with van der Waals surface area (Å²) in [7, 11) is 0. The van der Waals surface area contributed by atoms with Crippen LogP contribution in [0, 0.1) is 0 Å². The summed E-state index contributed by atoms with van der Waals surface area (Å²) in [6.07, 6.45) is 5.55. The molecule has 0 aliphatic carbocycles. The number of carbonyl (C=O) groups is 1. The summed E-state index contributed by atoms with van der Waals surface area (Å²) in [5.41, 5.74) is 3.91. The van der Waals surface area contributed by atoms with Crippen LogP contribution in [-0.4, -0.2) is 31.5 Å². The van der Waals surface area contributed by atoms with Gasteiger partial charge in [-0.05, 0) is 11.6 Å². The second-order valence-corrected chi connectivity index (χ2v) is 8.24. The van der Waals surface area contributed by atoms with Crippen molar-refractivity contribution in [3.63, 3.8) is 0 Å². The molecule has 0 spiro atoms. The van der Waals surface area contributed by atoms with E-state index in [0.717, 1.165) is 16.8 Å². The Morgan fingerprint density at radius 2 is 1.76 bits per heavy atom. The third-order valence-corrected chi connectivity index (χ3v) is 5.87. The zero-order valence-electron chi connectivity index (χ0n) is 15.7. The lowest BCUT2D eigenvalue weighted by Crippen LogP contribution is -2.27. The van der Waals surface area contributed by atoms with Crippen molar-refractivity contribution < 1.29 is 4.79 Å². The molecular weight excluding hydrogens is 398 g/mol. The number of thiocarbonyl (C=S) groups is 1. The molecule has 0 saturated carbocycles. The number of benzene rings is 2. The quantitative estimate of drug-likeness (QED) is 0.322. The molecule has 1 saturated heterocycles. The van der Waals surface area contributed by atoms with Crippen molar-refractivity contribution in [2.75, 3.05) is 6.54 Å². The highest BCUT2D eigenvalue weighted by Gasteiger charge is 2.31. The van der Waals surface area contributed by atoms with E-state index >= 15 is 0 Å². The first kappa shape index (κ1) is 19.4. The summed E-state index contributed by atoms with van der Waals surface area (Å²) in [6.45, 7) is 4.78. The minimum Gasteiger partial charge on any atom is -0.289 e. The maximum atomic E-state index is 12.7. The van der Waals surface area contributed by atoms with Crippen LogP contribution in [-0.2, 0) is 11.3 Å². The van der Waals surface area contributed by atoms with Gasteiger partial charge in [-0.2, -0.15) is 5.10 Å². The van der Waals surface area contributed by atoms with Crippen LogP contribution in [0.5, 0.6) is 0 Å². The normalized spacial score (nSPS) is 15.3. The number of thioether (sulfide) groups is 1. The first-order valence-electron chi connectivity index (χ1n) is 9.19. The van der Waals surface area contributed by atoms with Crippen molar-refractivity contribution in [3.8, 4) is 11.3 Å². The summed E-state index contributed by atoms with van der Waals surface area (Å²) < 4.78 is 2.47. The molecular formula is C23H19N3OS2. The van der Waals surface area contributed by atoms with E-state index in [-0.39, 0.29) is 5.91 Å². The van der Waals surface area contributed by atoms with Gasteiger partial charge >= 0.3 is 0 Å². The van der Waals surface area contributed by atoms with Crippen LogP contribution in [0.3, 0.4) is 0 Å². The average molecular weight is 418 g/mol. The highest BCUT2D eigenvalue weighted by molar-refractivity contribution is 8.26. The van der Waals surface area contributed by atoms with Gasteiger partial charge in [0.25, 0.3) is 5.91 Å². The number of hydrogen-bond donors (Lipinski definition) is 0. The third-order valence-electron chi connectivity index (χ3n) is 4.50. The molecule has 2 heterocycles. The number of rotatable bonds is 6. The van der Waals surface area contributed by atoms with Gasteiger partial charge in [0.1, 0.15) is 4.32 Å². The molecule has 0 N–H and O–H groups in total. The lowest BCUT2D eigenvalue weighted by Gasteiger charge is -2.10. The van der Waals surface area contributed by atoms with Gasteiger partial charge in [0.15, 0.2) is 0 Å². The van der Waals surface area contributed by atoms with Gasteiger partial charge in [-0.25, -0.2) is 0 Å². The first-order valence-corrected chi connectivity index (χ1v) is 10.4. The molecule has 3 aromatic rings. The Labute approximate surface area is 179 Å². The van der Waals surface area contributed by atoms with Crippen molar-refractivity contribution >= 4 is 40.3 Å². The Bertz CT molecular complexity index is 1090. The minimum absolute atomic E-state index is 0.0882. The van der Waals surface area contributed by atoms with Crippen molar-refractivity contribution in [1.29, 1.82) is 0 Å². The molecule has 0 unspecified atom stereocenters. The summed E-state index contributed by atoms with van der Waals surface area (Å²) in [5.74, 6) is -0.0882. The van der Waals surface area contributed by atoms with Gasteiger partial charge in [0.05, 0.1) is 17.1 Å². The summed E-state index contributed by atoms with van der Waals surface area (Å²) in [4.78, 5) is 14.9. The Hall–Kier alpha value is -2.96. The van der Waals surface area contributed by atoms with E-state index in [1.165, 1.54) is 17.3 Å². The summed E-state index contributed by atoms with van der Waals surface area (Å²) in [5, 5.41) is 4.81. The lowest BCUT2D eigenvalue weighted by atomic mass is 10.1. The molecule has 0 radical (unpaired) electrons. The maximum absolute atomic E-state index is 12.7. The molecule has 29 heavy (non-hydrogen) atoms. The number of hydrogen-bond acceptors (Lipinski definition) is 4. The third kappa shape index (κ3) is 4.23. The number of aromatic nitrogens is 2. The molecule has 1 fully saturated rings. The standard InChI is InChI=1S/C23H19N3OS2/c1-2-13-26-22(27)20(29-23(26)28)14-19-16-25(15-17-9-5-3-6-10-17)24-21(19)18-11-7-4-8-12-18/h2-12,14,16H,1,13,15H2. The monoisotopic (exact) mass is 417 g/mol. The van der Waals surface area contributed by atoms with Crippen LogP contribution in [0.25, 0.3) is 17.3 Å². The predicted molar refractivity (Wildman–Crippen MR) is 123 cm³/mol. The van der Waals surface area contributed by atoms with E-state index in [1.807, 2.05) is 65.5 Å². The van der Waals surface area contributed by atoms with Gasteiger partial charge in [0.2, 0.25) is 0 Å². The zero-order valence-corrected chi connectivity index (χ0v) is 17.3. The van der Waals surface area contributed by atoms with Crippen LogP contribution in [0.4, 0.5) is 0 Å². The fourth-order valence-electron chi connectivity index (χ4n) is 3.14. The van der Waals surface area contributed by atoms with E-state index in [4.69, 9.17) is 17.3 Å². The van der Waals surface area contributed by atoms with Gasteiger partial charge in [-0.3, -0.25) is 14.4 Å². The van der Waals surface area contributed by atoms with E-state index in [9.17, 15) is 4.79 Å². The highest BCUT2D eigenvalue weighted by atomic mass is 32.2. The van der Waals surface area contributed by atoms with E-state index in [0.29, 0.717) is 22.3 Å². The average Bonchev–Trinajstić information content (AvgIpc) is 3.25. The Morgan fingerprint density at radius 1 is 1.07 bits per heavy atom. The molecule has 4 nitrogen and oxygen atoms in total. The zero-order chi connectivity index (χ0) is 20.2. The number of nitrogens with zero attached hydrogens (tertiary/aromatic N) is 3. The second kappa shape index (κ2) is 8.59. The van der Waals surface area contributed by atoms with Crippen molar-refractivity contribution in [1.82, 2.24) is 14.7 Å². The molecule has 0 atom stereocenters. The number of amides is 1. The highest BCUT2D eigenvalue weighted by Crippen LogP contribution is 2.34. The molecule has 6 heteroatoms. The predicted octanol–water partition coefficient (Wildman–Crippen LogP) is 4.99. The van der Waals surface area contributed by atoms with E-state index in [2.05, 4.69) is 18.7 Å². The Kier molecular flexibility index (Phi) is 5.74. The molecule has 1 aromatic heterocycles. The van der Waals surface area contributed by atoms with Crippen LogP contribution in [0.15, 0.2) is 84.4 Å². The minimum atomic E-state index is -0.0882. The van der Waals surface area contributed by atoms with Crippen LogP contribution < -0.4 is 0 Å². The SMILES string of the molecule is C=CCN1C(=O)C(=Cc2cn(Cc3ccccc3)nc2-c2ccccc2)SC1=S. The first-order chi connectivity index (χ1) is 14.2. The smallest absolute Gasteiger partial charge is 0.266 e. The van der Waals surface area contributed by atoms with Gasteiger partial charge in [0, 0.05) is 23.9 Å². The van der Waals surface area contributed by atoms with Crippen molar-refractivity contribution in [2.24, 2.45) is 0 Å². The second-order valence-electron chi connectivity index (χ2n) is 6.56. The van der Waals surface area contributed by atoms with Gasteiger partial charge in [-0.1, -0.05) is 90.7 Å². The molecule has 2 aromatic carbocycles. The molecule has 144 valence electrons. The van der Waals surface area contributed by atoms with Crippen LogP contribution in [0.1, 0.15) is 11.1 Å². The Morgan fingerprint density at radius 3 is 2.45 bits per heavy atom. The summed E-state index contributed by atoms with van der Waals surface area (Å²) >= 11 is 6.67.